The molecular weight excluding hydrogens is 262 g/mol. The van der Waals surface area contributed by atoms with Crippen molar-refractivity contribution in [2.45, 2.75) is 25.3 Å². The summed E-state index contributed by atoms with van der Waals surface area (Å²) in [5.41, 5.74) is 8.44. The summed E-state index contributed by atoms with van der Waals surface area (Å²) in [4.78, 5) is 0. The van der Waals surface area contributed by atoms with Gasteiger partial charge in [0.1, 0.15) is 11.5 Å². The van der Waals surface area contributed by atoms with Crippen LogP contribution in [0.2, 0.25) is 0 Å². The Morgan fingerprint density at radius 1 is 0.857 bits per heavy atom. The van der Waals surface area contributed by atoms with E-state index in [2.05, 4.69) is 26.0 Å². The first-order valence-corrected chi connectivity index (χ1v) is 7.04. The summed E-state index contributed by atoms with van der Waals surface area (Å²) in [5, 5.41) is 0. The lowest BCUT2D eigenvalue weighted by Gasteiger charge is -2.34. The van der Waals surface area contributed by atoms with Crippen molar-refractivity contribution < 1.29 is 9.47 Å². The molecule has 0 aliphatic heterocycles. The van der Waals surface area contributed by atoms with Gasteiger partial charge in [-0.2, -0.15) is 0 Å². The van der Waals surface area contributed by atoms with Crippen LogP contribution in [0.25, 0.3) is 0 Å². The molecule has 112 valence electrons. The number of hydrogen-bond donors (Lipinski definition) is 1. The molecule has 0 saturated carbocycles. The molecule has 2 rings (SSSR count). The largest absolute Gasteiger partial charge is 0.496 e. The molecule has 1 atom stereocenters. The Morgan fingerprint density at radius 3 is 1.86 bits per heavy atom. The second-order valence-electron chi connectivity index (χ2n) is 5.64. The lowest BCUT2D eigenvalue weighted by atomic mass is 9.75. The Kier molecular flexibility index (Phi) is 4.53. The van der Waals surface area contributed by atoms with Crippen molar-refractivity contribution in [1.82, 2.24) is 0 Å². The Hall–Kier alpha value is -2.00. The fourth-order valence-corrected chi connectivity index (χ4v) is 2.59. The van der Waals surface area contributed by atoms with Crippen LogP contribution in [0.15, 0.2) is 48.5 Å². The minimum atomic E-state index is -0.247. The van der Waals surface area contributed by atoms with E-state index in [0.717, 1.165) is 17.1 Å². The van der Waals surface area contributed by atoms with Gasteiger partial charge in [-0.05, 0) is 17.7 Å². The van der Waals surface area contributed by atoms with Crippen molar-refractivity contribution in [3.63, 3.8) is 0 Å². The molecule has 2 aromatic carbocycles. The Morgan fingerprint density at radius 2 is 1.38 bits per heavy atom. The highest BCUT2D eigenvalue weighted by Crippen LogP contribution is 2.42. The second-order valence-corrected chi connectivity index (χ2v) is 5.64. The van der Waals surface area contributed by atoms with Gasteiger partial charge in [0.15, 0.2) is 0 Å². The van der Waals surface area contributed by atoms with Gasteiger partial charge in [-0.1, -0.05) is 50.2 Å². The van der Waals surface area contributed by atoms with Gasteiger partial charge in [-0.15, -0.1) is 0 Å². The smallest absolute Gasteiger partial charge is 0.127 e. The monoisotopic (exact) mass is 285 g/mol. The van der Waals surface area contributed by atoms with Gasteiger partial charge in [0.05, 0.1) is 19.8 Å². The highest BCUT2D eigenvalue weighted by molar-refractivity contribution is 5.49. The quantitative estimate of drug-likeness (QED) is 0.911. The van der Waals surface area contributed by atoms with E-state index >= 15 is 0 Å². The van der Waals surface area contributed by atoms with Crippen LogP contribution in [0.3, 0.4) is 0 Å². The summed E-state index contributed by atoms with van der Waals surface area (Å²) in [5.74, 6) is 1.51. The van der Waals surface area contributed by atoms with E-state index in [1.165, 1.54) is 5.56 Å². The van der Waals surface area contributed by atoms with Crippen LogP contribution in [0.5, 0.6) is 11.5 Å². The van der Waals surface area contributed by atoms with Crippen LogP contribution >= 0.6 is 0 Å². The summed E-state index contributed by atoms with van der Waals surface area (Å²) < 4.78 is 11.0. The van der Waals surface area contributed by atoms with Crippen molar-refractivity contribution in [3.8, 4) is 11.5 Å². The predicted octanol–water partition coefficient (Wildman–Crippen LogP) is 3.68. The van der Waals surface area contributed by atoms with Crippen LogP contribution in [0.1, 0.15) is 31.0 Å². The zero-order valence-electron chi connectivity index (χ0n) is 13.1. The summed E-state index contributed by atoms with van der Waals surface area (Å²) in [6.07, 6.45) is 0. The zero-order valence-corrected chi connectivity index (χ0v) is 13.1. The normalized spacial score (nSPS) is 12.8. The van der Waals surface area contributed by atoms with Gasteiger partial charge in [0, 0.05) is 11.5 Å². The first kappa shape index (κ1) is 15.4. The summed E-state index contributed by atoms with van der Waals surface area (Å²) >= 11 is 0. The lowest BCUT2D eigenvalue weighted by molar-refractivity contribution is 0.350. The highest BCUT2D eigenvalue weighted by Gasteiger charge is 2.33. The number of hydrogen-bond acceptors (Lipinski definition) is 3. The van der Waals surface area contributed by atoms with Crippen LogP contribution in [0.4, 0.5) is 0 Å². The fraction of sp³-hybridized carbons (Fsp3) is 0.333. The molecule has 0 heterocycles. The van der Waals surface area contributed by atoms with Crippen molar-refractivity contribution in [2.24, 2.45) is 5.73 Å². The maximum Gasteiger partial charge on any atom is 0.127 e. The fourth-order valence-electron chi connectivity index (χ4n) is 2.59. The number of benzene rings is 2. The predicted molar refractivity (Wildman–Crippen MR) is 85.9 cm³/mol. The molecule has 21 heavy (non-hydrogen) atoms. The molecule has 0 amide bonds. The molecule has 0 aromatic heterocycles. The summed E-state index contributed by atoms with van der Waals surface area (Å²) in [7, 11) is 3.31. The molecule has 3 nitrogen and oxygen atoms in total. The number of nitrogens with two attached hydrogens (primary N) is 1. The van der Waals surface area contributed by atoms with E-state index < -0.39 is 0 Å². The third-order valence-electron chi connectivity index (χ3n) is 4.07. The zero-order chi connectivity index (χ0) is 15.5. The molecule has 3 heteroatoms. The molecule has 0 aliphatic carbocycles. The maximum atomic E-state index is 6.60. The Bertz CT molecular complexity index is 571. The maximum absolute atomic E-state index is 6.60. The average Bonchev–Trinajstić information content (AvgIpc) is 2.54. The van der Waals surface area contributed by atoms with Gasteiger partial charge in [-0.3, -0.25) is 0 Å². The number of ether oxygens (including phenoxy) is 2. The first-order valence-electron chi connectivity index (χ1n) is 7.04. The van der Waals surface area contributed by atoms with Crippen LogP contribution in [0, 0.1) is 0 Å². The SMILES string of the molecule is COc1cccc(OC)c1C(N)C(C)(C)c1ccccc1. The molecule has 0 spiro atoms. The van der Waals surface area contributed by atoms with E-state index in [1.807, 2.05) is 36.4 Å². The van der Waals surface area contributed by atoms with Crippen LogP contribution < -0.4 is 15.2 Å². The third kappa shape index (κ3) is 2.88. The molecule has 1 unspecified atom stereocenters. The molecule has 0 radical (unpaired) electrons. The number of rotatable bonds is 5. The number of methoxy groups -OCH3 is 2. The molecule has 0 aliphatic rings. The van der Waals surface area contributed by atoms with Crippen molar-refractivity contribution in [3.05, 3.63) is 59.7 Å². The van der Waals surface area contributed by atoms with E-state index in [-0.39, 0.29) is 11.5 Å². The Labute approximate surface area is 126 Å². The molecular formula is C18H23NO2. The topological polar surface area (TPSA) is 44.5 Å². The Balaban J connectivity index is 2.51. The standard InChI is InChI=1S/C18H23NO2/c1-18(2,13-9-6-5-7-10-13)17(19)16-14(20-3)11-8-12-15(16)21-4/h5-12,17H,19H2,1-4H3. The van der Waals surface area contributed by atoms with Gasteiger partial charge in [0.25, 0.3) is 0 Å². The van der Waals surface area contributed by atoms with E-state index in [0.29, 0.717) is 0 Å². The van der Waals surface area contributed by atoms with Crippen molar-refractivity contribution in [1.29, 1.82) is 0 Å². The lowest BCUT2D eigenvalue weighted by Crippen LogP contribution is -2.33. The van der Waals surface area contributed by atoms with E-state index in [4.69, 9.17) is 15.2 Å². The van der Waals surface area contributed by atoms with Crippen molar-refractivity contribution >= 4 is 0 Å². The summed E-state index contributed by atoms with van der Waals surface area (Å²) in [6, 6.07) is 15.8. The highest BCUT2D eigenvalue weighted by atomic mass is 16.5. The second kappa shape index (κ2) is 6.19. The molecule has 0 bridgehead atoms. The minimum absolute atomic E-state index is 0.244. The van der Waals surface area contributed by atoms with E-state index in [1.54, 1.807) is 14.2 Å². The first-order chi connectivity index (χ1) is 10.0. The van der Waals surface area contributed by atoms with Gasteiger partial charge in [-0.25, -0.2) is 0 Å². The third-order valence-corrected chi connectivity index (χ3v) is 4.07. The van der Waals surface area contributed by atoms with Gasteiger partial charge < -0.3 is 15.2 Å². The van der Waals surface area contributed by atoms with Crippen molar-refractivity contribution in [2.75, 3.05) is 14.2 Å². The molecule has 2 aromatic rings. The molecule has 2 N–H and O–H groups in total. The molecule has 0 saturated heterocycles. The minimum Gasteiger partial charge on any atom is -0.496 e. The summed E-state index contributed by atoms with van der Waals surface area (Å²) in [6.45, 7) is 4.28. The van der Waals surface area contributed by atoms with Gasteiger partial charge in [0.2, 0.25) is 0 Å². The van der Waals surface area contributed by atoms with Crippen LogP contribution in [-0.2, 0) is 5.41 Å². The van der Waals surface area contributed by atoms with Gasteiger partial charge >= 0.3 is 0 Å². The molecule has 0 fully saturated rings. The van der Waals surface area contributed by atoms with Crippen LogP contribution in [-0.4, -0.2) is 14.2 Å². The van der Waals surface area contributed by atoms with E-state index in [9.17, 15) is 0 Å². The average molecular weight is 285 g/mol.